The molecule has 2 heterocycles. The van der Waals surface area contributed by atoms with Crippen molar-refractivity contribution < 1.29 is 14.2 Å². The predicted molar refractivity (Wildman–Crippen MR) is 38.1 cm³/mol. The molecule has 0 atom stereocenters. The molecular weight excluding hydrogens is 160 g/mol. The number of amides is 1. The average molecular weight is 168 g/mol. The van der Waals surface area contributed by atoms with Crippen molar-refractivity contribution in [2.24, 2.45) is 0 Å². The van der Waals surface area contributed by atoms with Gasteiger partial charge in [-0.15, -0.1) is 0 Å². The van der Waals surface area contributed by atoms with Crippen molar-refractivity contribution in [3.63, 3.8) is 0 Å². The van der Waals surface area contributed by atoms with Crippen LogP contribution in [-0.2, 0) is 4.84 Å². The van der Waals surface area contributed by atoms with Crippen molar-refractivity contribution in [3.8, 4) is 0 Å². The van der Waals surface area contributed by atoms with Crippen LogP contribution in [0.25, 0.3) is 0 Å². The molecule has 0 saturated carbocycles. The molecule has 1 aliphatic heterocycles. The molecule has 1 saturated heterocycles. The summed E-state index contributed by atoms with van der Waals surface area (Å²) in [5.74, 6) is -0.235. The fourth-order valence-electron chi connectivity index (χ4n) is 1.06. The quantitative estimate of drug-likeness (QED) is 0.611. The van der Waals surface area contributed by atoms with Gasteiger partial charge in [0.25, 0.3) is 5.91 Å². The van der Waals surface area contributed by atoms with E-state index in [9.17, 15) is 4.79 Å². The monoisotopic (exact) mass is 168 g/mol. The third-order valence-corrected chi connectivity index (χ3v) is 1.64. The van der Waals surface area contributed by atoms with Gasteiger partial charge in [-0.3, -0.25) is 9.63 Å². The van der Waals surface area contributed by atoms with Crippen molar-refractivity contribution in [1.29, 1.82) is 0 Å². The molecule has 2 rings (SSSR count). The van der Waals surface area contributed by atoms with Gasteiger partial charge in [-0.05, 0) is 6.42 Å². The zero-order chi connectivity index (χ0) is 8.39. The Hall–Kier alpha value is -1.36. The molecule has 1 aromatic rings. The molecule has 12 heavy (non-hydrogen) atoms. The topological polar surface area (TPSA) is 55.6 Å². The number of aromatic nitrogens is 1. The Morgan fingerprint density at radius 3 is 3.17 bits per heavy atom. The van der Waals surface area contributed by atoms with Gasteiger partial charge < -0.3 is 4.52 Å². The van der Waals surface area contributed by atoms with Gasteiger partial charge in [0.1, 0.15) is 6.26 Å². The highest BCUT2D eigenvalue weighted by Gasteiger charge is 2.22. The van der Waals surface area contributed by atoms with Gasteiger partial charge in [0.2, 0.25) is 0 Å². The van der Waals surface area contributed by atoms with Gasteiger partial charge in [-0.25, -0.2) is 5.06 Å². The maximum Gasteiger partial charge on any atom is 0.299 e. The number of rotatable bonds is 1. The van der Waals surface area contributed by atoms with E-state index in [0.717, 1.165) is 6.42 Å². The summed E-state index contributed by atoms with van der Waals surface area (Å²) in [5, 5.41) is 4.82. The van der Waals surface area contributed by atoms with Crippen molar-refractivity contribution in [2.45, 2.75) is 6.42 Å². The molecule has 1 amide bonds. The van der Waals surface area contributed by atoms with Gasteiger partial charge in [0.15, 0.2) is 5.69 Å². The summed E-state index contributed by atoms with van der Waals surface area (Å²) in [5.41, 5.74) is 0.289. The lowest BCUT2D eigenvalue weighted by Gasteiger charge is -2.10. The van der Waals surface area contributed by atoms with E-state index >= 15 is 0 Å². The fraction of sp³-hybridized carbons (Fsp3) is 0.429. The maximum absolute atomic E-state index is 11.4. The number of hydrogen-bond donors (Lipinski definition) is 0. The number of hydroxylamine groups is 2. The van der Waals surface area contributed by atoms with Crippen LogP contribution in [0.4, 0.5) is 0 Å². The van der Waals surface area contributed by atoms with E-state index in [1.807, 2.05) is 0 Å². The molecule has 0 unspecified atom stereocenters. The van der Waals surface area contributed by atoms with Gasteiger partial charge >= 0.3 is 0 Å². The van der Waals surface area contributed by atoms with E-state index in [1.54, 1.807) is 0 Å². The standard InChI is InChI=1S/C7H8N2O3/c10-7(6-2-5-11-8-6)9-3-1-4-12-9/h2,5H,1,3-4H2. The first-order chi connectivity index (χ1) is 5.88. The largest absolute Gasteiger partial charge is 0.364 e. The van der Waals surface area contributed by atoms with Gasteiger partial charge in [-0.1, -0.05) is 5.16 Å². The minimum absolute atomic E-state index is 0.235. The Kier molecular flexibility index (Phi) is 1.79. The van der Waals surface area contributed by atoms with E-state index < -0.39 is 0 Å². The van der Waals surface area contributed by atoms with Crippen molar-refractivity contribution >= 4 is 5.91 Å². The van der Waals surface area contributed by atoms with Crippen LogP contribution < -0.4 is 0 Å². The minimum Gasteiger partial charge on any atom is -0.364 e. The van der Waals surface area contributed by atoms with E-state index in [-0.39, 0.29) is 11.6 Å². The summed E-state index contributed by atoms with van der Waals surface area (Å²) in [4.78, 5) is 16.4. The summed E-state index contributed by atoms with van der Waals surface area (Å²) >= 11 is 0. The second-order valence-corrected chi connectivity index (χ2v) is 2.48. The maximum atomic E-state index is 11.4. The summed E-state index contributed by atoms with van der Waals surface area (Å²) in [7, 11) is 0. The zero-order valence-corrected chi connectivity index (χ0v) is 6.40. The lowest BCUT2D eigenvalue weighted by Crippen LogP contribution is -2.26. The smallest absolute Gasteiger partial charge is 0.299 e. The molecule has 0 spiro atoms. The third kappa shape index (κ3) is 1.18. The molecule has 0 aromatic carbocycles. The Balaban J connectivity index is 2.09. The molecule has 0 aliphatic carbocycles. The number of nitrogens with zero attached hydrogens (tertiary/aromatic N) is 2. The molecule has 64 valence electrons. The fourth-order valence-corrected chi connectivity index (χ4v) is 1.06. The van der Waals surface area contributed by atoms with Crippen LogP contribution in [0.2, 0.25) is 0 Å². The predicted octanol–water partition coefficient (Wildman–Crippen LogP) is 0.452. The van der Waals surface area contributed by atoms with Crippen molar-refractivity contribution in [2.75, 3.05) is 13.2 Å². The molecule has 1 fully saturated rings. The molecule has 5 nitrogen and oxygen atoms in total. The van der Waals surface area contributed by atoms with Crippen molar-refractivity contribution in [3.05, 3.63) is 18.0 Å². The van der Waals surface area contributed by atoms with E-state index in [2.05, 4.69) is 9.68 Å². The molecule has 0 N–H and O–H groups in total. The van der Waals surface area contributed by atoms with Crippen molar-refractivity contribution in [1.82, 2.24) is 10.2 Å². The summed E-state index contributed by atoms with van der Waals surface area (Å²) in [6, 6.07) is 1.52. The first-order valence-electron chi connectivity index (χ1n) is 3.73. The lowest BCUT2D eigenvalue weighted by atomic mass is 10.4. The molecule has 0 radical (unpaired) electrons. The molecule has 5 heteroatoms. The molecule has 0 bridgehead atoms. The van der Waals surface area contributed by atoms with E-state index in [0.29, 0.717) is 13.2 Å². The summed E-state index contributed by atoms with van der Waals surface area (Å²) < 4.78 is 4.54. The highest BCUT2D eigenvalue weighted by molar-refractivity contribution is 5.91. The first kappa shape index (κ1) is 7.30. The summed E-state index contributed by atoms with van der Waals surface area (Å²) in [6.45, 7) is 1.23. The van der Waals surface area contributed by atoms with E-state index in [1.165, 1.54) is 17.4 Å². The van der Waals surface area contributed by atoms with Crippen LogP contribution >= 0.6 is 0 Å². The Labute approximate surface area is 68.8 Å². The van der Waals surface area contributed by atoms with Gasteiger partial charge in [0, 0.05) is 6.07 Å². The Morgan fingerprint density at radius 2 is 2.58 bits per heavy atom. The normalized spacial score (nSPS) is 16.8. The Morgan fingerprint density at radius 1 is 1.67 bits per heavy atom. The second-order valence-electron chi connectivity index (χ2n) is 2.48. The molecule has 1 aromatic heterocycles. The van der Waals surface area contributed by atoms with Crippen LogP contribution in [0.1, 0.15) is 16.9 Å². The SMILES string of the molecule is O=C(c1ccon1)N1CCCO1. The molecular formula is C7H8N2O3. The first-order valence-corrected chi connectivity index (χ1v) is 3.73. The second kappa shape index (κ2) is 2.94. The number of carbonyl (C=O) groups excluding carboxylic acids is 1. The molecule has 1 aliphatic rings. The Bertz CT molecular complexity index is 264. The van der Waals surface area contributed by atoms with Gasteiger partial charge in [0.05, 0.1) is 13.2 Å². The summed E-state index contributed by atoms with van der Waals surface area (Å²) in [6.07, 6.45) is 2.24. The number of hydrogen-bond acceptors (Lipinski definition) is 4. The van der Waals surface area contributed by atoms with Gasteiger partial charge in [-0.2, -0.15) is 0 Å². The highest BCUT2D eigenvalue weighted by Crippen LogP contribution is 2.08. The van der Waals surface area contributed by atoms with Crippen LogP contribution in [0.15, 0.2) is 16.9 Å². The number of carbonyl (C=O) groups is 1. The third-order valence-electron chi connectivity index (χ3n) is 1.64. The van der Waals surface area contributed by atoms with Crippen LogP contribution in [0, 0.1) is 0 Å². The zero-order valence-electron chi connectivity index (χ0n) is 6.40. The van der Waals surface area contributed by atoms with Crippen LogP contribution in [-0.4, -0.2) is 29.3 Å². The average Bonchev–Trinajstić information content (AvgIpc) is 2.77. The van der Waals surface area contributed by atoms with E-state index in [4.69, 9.17) is 4.84 Å². The minimum atomic E-state index is -0.235. The van der Waals surface area contributed by atoms with Crippen LogP contribution in [0.3, 0.4) is 0 Å². The lowest BCUT2D eigenvalue weighted by molar-refractivity contribution is -0.0773. The van der Waals surface area contributed by atoms with Crippen LogP contribution in [0.5, 0.6) is 0 Å². The highest BCUT2D eigenvalue weighted by atomic mass is 16.7.